The summed E-state index contributed by atoms with van der Waals surface area (Å²) in [7, 11) is 1.52. The molecule has 10 N–H and O–H groups in total. The maximum absolute atomic E-state index is 12.7. The molecule has 19 atom stereocenters. The van der Waals surface area contributed by atoms with Crippen LogP contribution in [-0.2, 0) is 38.0 Å². The number of carbonyl (C=O) groups is 1. The highest BCUT2D eigenvalue weighted by Crippen LogP contribution is 2.45. The van der Waals surface area contributed by atoms with Crippen LogP contribution in [0.3, 0.4) is 0 Å². The second-order valence-corrected chi connectivity index (χ2v) is 16.2. The first-order valence-corrected chi connectivity index (χ1v) is 19.7. The van der Waals surface area contributed by atoms with E-state index in [9.17, 15) is 55.9 Å². The molecule has 19 unspecified atom stereocenters. The fourth-order valence-electron chi connectivity index (χ4n) is 9.20. The van der Waals surface area contributed by atoms with Crippen molar-refractivity contribution < 1.29 is 89.0 Å². The van der Waals surface area contributed by atoms with E-state index in [1.54, 1.807) is 6.08 Å². The van der Waals surface area contributed by atoms with Gasteiger partial charge in [0.1, 0.15) is 55.4 Å². The summed E-state index contributed by atoms with van der Waals surface area (Å²) in [5, 5.41) is 105. The average Bonchev–Trinajstić information content (AvgIpc) is 3.17. The van der Waals surface area contributed by atoms with Crippen LogP contribution in [0.4, 0.5) is 0 Å². The summed E-state index contributed by atoms with van der Waals surface area (Å²) in [6, 6.07) is 0. The molecule has 6 fully saturated rings. The Kier molecular flexibility index (Phi) is 15.0. The summed E-state index contributed by atoms with van der Waals surface area (Å²) >= 11 is 0. The molecule has 0 spiro atoms. The van der Waals surface area contributed by atoms with Crippen LogP contribution in [0.1, 0.15) is 64.2 Å². The maximum Gasteiger partial charge on any atom is 0.330 e. The van der Waals surface area contributed by atoms with E-state index in [2.05, 4.69) is 0 Å². The van der Waals surface area contributed by atoms with Crippen LogP contribution in [0.2, 0.25) is 0 Å². The Balaban J connectivity index is 1.14. The van der Waals surface area contributed by atoms with Gasteiger partial charge in [-0.05, 0) is 69.6 Å². The van der Waals surface area contributed by atoms with Crippen LogP contribution < -0.4 is 0 Å². The Morgan fingerprint density at radius 3 is 1.95 bits per heavy atom. The van der Waals surface area contributed by atoms with E-state index in [0.717, 1.165) is 0 Å². The quantitative estimate of drug-likeness (QED) is 0.0743. The van der Waals surface area contributed by atoms with Gasteiger partial charge in [0.15, 0.2) is 12.6 Å². The molecule has 3 aliphatic heterocycles. The summed E-state index contributed by atoms with van der Waals surface area (Å²) in [6.07, 6.45) is -13.0. The molecule has 0 aromatic carbocycles. The molecule has 55 heavy (non-hydrogen) atoms. The van der Waals surface area contributed by atoms with Crippen LogP contribution in [0.15, 0.2) is 12.2 Å². The topological polar surface area (TPSA) is 284 Å². The van der Waals surface area contributed by atoms with Gasteiger partial charge in [0.2, 0.25) is 0 Å². The third-order valence-electron chi connectivity index (χ3n) is 12.5. The first-order valence-electron chi connectivity index (χ1n) is 19.7. The number of aliphatic hydroxyl groups excluding tert-OH is 10. The van der Waals surface area contributed by atoms with Crippen molar-refractivity contribution >= 4 is 5.97 Å². The summed E-state index contributed by atoms with van der Waals surface area (Å²) in [6.45, 7) is -1.12. The normalized spacial score (nSPS) is 49.7. The lowest BCUT2D eigenvalue weighted by molar-refractivity contribution is -0.344. The third-order valence-corrected chi connectivity index (χ3v) is 12.5. The van der Waals surface area contributed by atoms with Crippen molar-refractivity contribution in [3.63, 3.8) is 0 Å². The van der Waals surface area contributed by atoms with E-state index in [4.69, 9.17) is 33.2 Å². The number of methoxy groups -OCH3 is 1. The standard InChI is InChI=1S/C37H60O18/c1-49-24-10-16(2-8-21(24)41)3-9-28(42)50-15-27-30(44)32(46)34(48)37(55-27)53-25-13-20-22(51-35(25)17-4-6-18(39)7-5-17)11-19(40)12-23(20)52-36-33(47)31(45)29(43)26(14-38)54-36/h3,9,16-27,29-41,43-48H,2,4-8,10-15H2,1H3. The van der Waals surface area contributed by atoms with Crippen LogP contribution >= 0.6 is 0 Å². The summed E-state index contributed by atoms with van der Waals surface area (Å²) in [4.78, 5) is 12.7. The Labute approximate surface area is 319 Å². The van der Waals surface area contributed by atoms with Crippen molar-refractivity contribution in [3.05, 3.63) is 12.2 Å². The molecule has 0 bridgehead atoms. The predicted octanol–water partition coefficient (Wildman–Crippen LogP) is -2.88. The highest BCUT2D eigenvalue weighted by molar-refractivity contribution is 5.81. The number of aliphatic hydroxyl groups is 10. The highest BCUT2D eigenvalue weighted by Gasteiger charge is 2.54. The second-order valence-electron chi connectivity index (χ2n) is 16.2. The van der Waals surface area contributed by atoms with E-state index in [-0.39, 0.29) is 37.2 Å². The van der Waals surface area contributed by atoms with Gasteiger partial charge in [0.25, 0.3) is 0 Å². The maximum atomic E-state index is 12.7. The number of carbonyl (C=O) groups excluding carboxylic acids is 1. The molecule has 3 saturated carbocycles. The van der Waals surface area contributed by atoms with E-state index in [1.165, 1.54) is 13.2 Å². The van der Waals surface area contributed by atoms with Crippen LogP contribution in [0.25, 0.3) is 0 Å². The molecule has 316 valence electrons. The minimum atomic E-state index is -1.73. The zero-order valence-electron chi connectivity index (χ0n) is 31.0. The molecule has 18 nitrogen and oxygen atoms in total. The lowest BCUT2D eigenvalue weighted by Crippen LogP contribution is -2.63. The van der Waals surface area contributed by atoms with Gasteiger partial charge in [-0.15, -0.1) is 0 Å². The number of hydrogen-bond acceptors (Lipinski definition) is 18. The smallest absolute Gasteiger partial charge is 0.330 e. The first-order chi connectivity index (χ1) is 26.3. The van der Waals surface area contributed by atoms with Crippen molar-refractivity contribution in [2.45, 2.75) is 174 Å². The number of fused-ring (bicyclic) bond motifs is 1. The van der Waals surface area contributed by atoms with Crippen LogP contribution in [0.5, 0.6) is 0 Å². The molecule has 6 aliphatic rings. The summed E-state index contributed by atoms with van der Waals surface area (Å²) < 4.78 is 41.5. The number of hydrogen-bond donors (Lipinski definition) is 10. The molecular formula is C37H60O18. The van der Waals surface area contributed by atoms with Gasteiger partial charge in [-0.3, -0.25) is 0 Å². The first kappa shape index (κ1) is 43.2. The monoisotopic (exact) mass is 792 g/mol. The van der Waals surface area contributed by atoms with Gasteiger partial charge in [-0.25, -0.2) is 4.79 Å². The van der Waals surface area contributed by atoms with Gasteiger partial charge in [0, 0.05) is 25.5 Å². The number of ether oxygens (including phenoxy) is 7. The molecule has 0 radical (unpaired) electrons. The van der Waals surface area contributed by atoms with Crippen LogP contribution in [-0.4, -0.2) is 188 Å². The van der Waals surface area contributed by atoms with Gasteiger partial charge in [0.05, 0.1) is 55.4 Å². The van der Waals surface area contributed by atoms with Crippen LogP contribution in [0, 0.1) is 17.8 Å². The molecule has 0 aromatic rings. The lowest BCUT2D eigenvalue weighted by atomic mass is 9.73. The molecule has 6 rings (SSSR count). The molecule has 0 aromatic heterocycles. The fourth-order valence-corrected chi connectivity index (χ4v) is 9.20. The molecule has 18 heteroatoms. The SMILES string of the molecule is COC1CC(C=CC(=O)OCC2OC(OC3CC4C(OC5OC(CO)C(O)C(O)C5O)CC(O)CC4OC3C3CCC(O)CC3)C(O)C(O)C2O)CCC1O. The summed E-state index contributed by atoms with van der Waals surface area (Å²) in [5.74, 6) is -1.31. The largest absolute Gasteiger partial charge is 0.460 e. The van der Waals surface area contributed by atoms with Gasteiger partial charge in [-0.1, -0.05) is 6.08 Å². The van der Waals surface area contributed by atoms with Crippen molar-refractivity contribution in [2.24, 2.45) is 17.8 Å². The predicted molar refractivity (Wildman–Crippen MR) is 184 cm³/mol. The van der Waals surface area contributed by atoms with E-state index >= 15 is 0 Å². The summed E-state index contributed by atoms with van der Waals surface area (Å²) in [5.41, 5.74) is 0. The molecule has 3 aliphatic carbocycles. The van der Waals surface area contributed by atoms with E-state index in [1.807, 2.05) is 0 Å². The highest BCUT2D eigenvalue weighted by atomic mass is 16.7. The van der Waals surface area contributed by atoms with E-state index in [0.29, 0.717) is 44.9 Å². The van der Waals surface area contributed by atoms with Crippen molar-refractivity contribution in [3.8, 4) is 0 Å². The zero-order valence-corrected chi connectivity index (χ0v) is 31.0. The minimum absolute atomic E-state index is 0.0144. The van der Waals surface area contributed by atoms with Gasteiger partial charge in [-0.2, -0.15) is 0 Å². The van der Waals surface area contributed by atoms with Crippen molar-refractivity contribution in [1.82, 2.24) is 0 Å². The molecule has 0 amide bonds. The van der Waals surface area contributed by atoms with E-state index < -0.39 is 129 Å². The molecular weight excluding hydrogens is 732 g/mol. The average molecular weight is 793 g/mol. The fraction of sp³-hybridized carbons (Fsp3) is 0.919. The van der Waals surface area contributed by atoms with Gasteiger partial charge >= 0.3 is 5.97 Å². The number of allylic oxidation sites excluding steroid dienone is 1. The second kappa shape index (κ2) is 19.1. The Bertz CT molecular complexity index is 1250. The Morgan fingerprint density at radius 2 is 1.29 bits per heavy atom. The Hall–Kier alpha value is -1.43. The van der Waals surface area contributed by atoms with Crippen molar-refractivity contribution in [2.75, 3.05) is 20.3 Å². The number of rotatable bonds is 11. The molecule has 3 saturated heterocycles. The lowest BCUT2D eigenvalue weighted by Gasteiger charge is -2.52. The minimum Gasteiger partial charge on any atom is -0.460 e. The Morgan fingerprint density at radius 1 is 0.655 bits per heavy atom. The van der Waals surface area contributed by atoms with Gasteiger partial charge < -0.3 is 84.2 Å². The third kappa shape index (κ3) is 10.1. The number of esters is 1. The zero-order chi connectivity index (χ0) is 39.6. The molecule has 3 heterocycles. The van der Waals surface area contributed by atoms with Crippen molar-refractivity contribution in [1.29, 1.82) is 0 Å².